The molecular formula is C46H44BN3. The molecule has 1 aromatic heterocycles. The number of para-hydroxylation sites is 4. The van der Waals surface area contributed by atoms with Gasteiger partial charge in [0.15, 0.2) is 0 Å². The van der Waals surface area contributed by atoms with Gasteiger partial charge in [0.25, 0.3) is 6.71 Å². The summed E-state index contributed by atoms with van der Waals surface area (Å²) in [6.45, 7) is 10.6. The van der Waals surface area contributed by atoms with Gasteiger partial charge in [0.1, 0.15) is 0 Å². The van der Waals surface area contributed by atoms with E-state index < -0.39 is 0 Å². The van der Waals surface area contributed by atoms with Gasteiger partial charge >= 0.3 is 0 Å². The van der Waals surface area contributed by atoms with Crippen molar-refractivity contribution in [1.82, 2.24) is 4.57 Å². The van der Waals surface area contributed by atoms with Crippen LogP contribution in [0.4, 0.5) is 22.7 Å². The van der Waals surface area contributed by atoms with Gasteiger partial charge in [0.05, 0.1) is 16.6 Å². The van der Waals surface area contributed by atoms with E-state index in [1.807, 2.05) is 0 Å². The molecule has 50 heavy (non-hydrogen) atoms. The van der Waals surface area contributed by atoms with Crippen molar-refractivity contribution in [3.8, 4) is 5.69 Å². The van der Waals surface area contributed by atoms with Crippen LogP contribution in [0.2, 0.25) is 0 Å². The zero-order valence-electron chi connectivity index (χ0n) is 29.8. The zero-order chi connectivity index (χ0) is 33.4. The van der Waals surface area contributed by atoms with Crippen LogP contribution in [0.5, 0.6) is 0 Å². The Balaban J connectivity index is 1.25. The van der Waals surface area contributed by atoms with Crippen molar-refractivity contribution in [2.75, 3.05) is 9.80 Å². The maximum atomic E-state index is 2.90. The molecule has 6 aromatic rings. The predicted molar refractivity (Wildman–Crippen MR) is 211 cm³/mol. The second-order valence-corrected chi connectivity index (χ2v) is 17.5. The molecule has 6 aliphatic rings. The lowest BCUT2D eigenvalue weighted by atomic mass is 9.33. The van der Waals surface area contributed by atoms with Gasteiger partial charge in [0.2, 0.25) is 0 Å². The van der Waals surface area contributed by atoms with Gasteiger partial charge in [-0.25, -0.2) is 0 Å². The first-order valence-electron chi connectivity index (χ1n) is 19.3. The molecule has 2 aliphatic carbocycles. The normalized spacial score (nSPS) is 29.6. The highest BCUT2D eigenvalue weighted by molar-refractivity contribution is 7.00. The molecule has 3 nitrogen and oxygen atoms in total. The zero-order valence-corrected chi connectivity index (χ0v) is 29.8. The van der Waals surface area contributed by atoms with E-state index in [0.717, 1.165) is 0 Å². The molecule has 0 bridgehead atoms. The van der Waals surface area contributed by atoms with Crippen LogP contribution in [0.1, 0.15) is 90.2 Å². The molecule has 0 N–H and O–H groups in total. The van der Waals surface area contributed by atoms with Crippen LogP contribution in [0.15, 0.2) is 97.1 Å². The van der Waals surface area contributed by atoms with Crippen molar-refractivity contribution >= 4 is 67.7 Å². The third-order valence-electron chi connectivity index (χ3n) is 15.7. The second-order valence-electron chi connectivity index (χ2n) is 17.5. The van der Waals surface area contributed by atoms with Crippen molar-refractivity contribution in [3.05, 3.63) is 108 Å². The highest BCUT2D eigenvalue weighted by Gasteiger charge is 2.62. The number of nitrogens with zero attached hydrogens (tertiary/aromatic N) is 3. The number of aromatic nitrogens is 1. The first-order valence-corrected chi connectivity index (χ1v) is 19.3. The van der Waals surface area contributed by atoms with Gasteiger partial charge in [-0.05, 0) is 91.3 Å². The van der Waals surface area contributed by atoms with Crippen LogP contribution in [0.3, 0.4) is 0 Å². The van der Waals surface area contributed by atoms with Crippen LogP contribution in [-0.2, 0) is 10.8 Å². The molecule has 12 rings (SSSR count). The lowest BCUT2D eigenvalue weighted by Crippen LogP contribution is -2.64. The number of benzene rings is 5. The van der Waals surface area contributed by atoms with Crippen molar-refractivity contribution in [2.45, 2.75) is 101 Å². The Kier molecular flexibility index (Phi) is 5.03. The summed E-state index contributed by atoms with van der Waals surface area (Å²) in [6, 6.07) is 38.3. The SMILES string of the molecule is CC12CCCCC1(C)N(c1cc3c4c(c1)-n1c5ccccc5c5cccc(c51)B4c1cccc4c1N3C1(C)CCCCC41C)c1ccccc12. The first-order chi connectivity index (χ1) is 24.3. The Hall–Kier alpha value is -4.44. The Labute approximate surface area is 296 Å². The van der Waals surface area contributed by atoms with Crippen LogP contribution in [-0.4, -0.2) is 22.4 Å². The van der Waals surface area contributed by atoms with Crippen LogP contribution >= 0.6 is 0 Å². The third kappa shape index (κ3) is 2.88. The largest absolute Gasteiger partial charge is 0.335 e. The summed E-state index contributed by atoms with van der Waals surface area (Å²) in [4.78, 5) is 5.72. The topological polar surface area (TPSA) is 11.4 Å². The summed E-state index contributed by atoms with van der Waals surface area (Å²) < 4.78 is 2.66. The number of hydrogen-bond acceptors (Lipinski definition) is 2. The fourth-order valence-corrected chi connectivity index (χ4v) is 12.9. The third-order valence-corrected chi connectivity index (χ3v) is 15.7. The fraction of sp³-hybridized carbons (Fsp3) is 0.348. The van der Waals surface area contributed by atoms with Gasteiger partial charge < -0.3 is 14.4 Å². The summed E-state index contributed by atoms with van der Waals surface area (Å²) in [5.74, 6) is 0. The molecule has 246 valence electrons. The van der Waals surface area contributed by atoms with Crippen molar-refractivity contribution in [3.63, 3.8) is 0 Å². The maximum Gasteiger partial charge on any atom is 0.252 e. The van der Waals surface area contributed by atoms with Crippen LogP contribution < -0.4 is 26.2 Å². The first kappa shape index (κ1) is 28.3. The van der Waals surface area contributed by atoms with E-state index in [2.05, 4.69) is 139 Å². The standard InChI is InChI=1S/C46H44BN3/c1-43-23-9-11-25-45(43,3)49(37-22-8-6-17-32(37)43)29-27-38-40-39(28-29)50-42-33(44(2)24-10-12-26-46(44,50)4)18-14-20-35(42)47(40)34-19-13-16-31-30-15-5-7-21-36(30)48(38)41(31)34/h5-8,13-22,27-28H,9-12,23-26H2,1-4H3. The van der Waals surface area contributed by atoms with Gasteiger partial charge in [-0.2, -0.15) is 0 Å². The molecule has 0 saturated heterocycles. The molecule has 4 heteroatoms. The van der Waals surface area contributed by atoms with Crippen LogP contribution in [0, 0.1) is 0 Å². The Morgan fingerprint density at radius 2 is 1.16 bits per heavy atom. The van der Waals surface area contributed by atoms with E-state index in [0.29, 0.717) is 0 Å². The van der Waals surface area contributed by atoms with E-state index in [1.165, 1.54) is 124 Å². The molecule has 0 spiro atoms. The summed E-state index contributed by atoms with van der Waals surface area (Å²) in [7, 11) is 0. The quantitative estimate of drug-likeness (QED) is 0.164. The van der Waals surface area contributed by atoms with Crippen LogP contribution in [0.25, 0.3) is 27.5 Å². The Bertz CT molecular complexity index is 2510. The van der Waals surface area contributed by atoms with E-state index in [4.69, 9.17) is 0 Å². The number of rotatable bonds is 1. The average Bonchev–Trinajstić information content (AvgIpc) is 3.66. The summed E-state index contributed by atoms with van der Waals surface area (Å²) >= 11 is 0. The monoisotopic (exact) mass is 649 g/mol. The van der Waals surface area contributed by atoms with Crippen molar-refractivity contribution in [1.29, 1.82) is 0 Å². The average molecular weight is 650 g/mol. The van der Waals surface area contributed by atoms with E-state index in [9.17, 15) is 0 Å². The molecular weight excluding hydrogens is 605 g/mol. The van der Waals surface area contributed by atoms with Gasteiger partial charge in [-0.1, -0.05) is 112 Å². The summed E-state index contributed by atoms with van der Waals surface area (Å²) in [5, 5.41) is 2.72. The Morgan fingerprint density at radius 1 is 0.540 bits per heavy atom. The molecule has 0 radical (unpaired) electrons. The Morgan fingerprint density at radius 3 is 2.00 bits per heavy atom. The molecule has 5 heterocycles. The lowest BCUT2D eigenvalue weighted by molar-refractivity contribution is 0.194. The summed E-state index contributed by atoms with van der Waals surface area (Å²) in [5.41, 5.74) is 17.6. The molecule has 4 unspecified atom stereocenters. The molecule has 4 aliphatic heterocycles. The molecule has 5 aromatic carbocycles. The highest BCUT2D eigenvalue weighted by atomic mass is 15.3. The van der Waals surface area contributed by atoms with E-state index in [-0.39, 0.29) is 28.6 Å². The van der Waals surface area contributed by atoms with E-state index >= 15 is 0 Å². The van der Waals surface area contributed by atoms with Gasteiger partial charge in [0, 0.05) is 55.6 Å². The smallest absolute Gasteiger partial charge is 0.252 e. The van der Waals surface area contributed by atoms with Gasteiger partial charge in [-0.15, -0.1) is 0 Å². The number of hydrogen-bond donors (Lipinski definition) is 0. The molecule has 2 saturated carbocycles. The molecule has 2 fully saturated rings. The van der Waals surface area contributed by atoms with Gasteiger partial charge in [-0.3, -0.25) is 0 Å². The predicted octanol–water partition coefficient (Wildman–Crippen LogP) is 9.41. The summed E-state index contributed by atoms with van der Waals surface area (Å²) in [6.07, 6.45) is 10.1. The molecule has 0 amide bonds. The number of fused-ring (bicyclic) bond motifs is 13. The minimum atomic E-state index is 0.00193. The highest BCUT2D eigenvalue weighted by Crippen LogP contribution is 2.64. The minimum Gasteiger partial charge on any atom is -0.335 e. The van der Waals surface area contributed by atoms with Crippen molar-refractivity contribution in [2.24, 2.45) is 0 Å². The number of anilines is 4. The van der Waals surface area contributed by atoms with E-state index in [1.54, 1.807) is 5.56 Å². The fourth-order valence-electron chi connectivity index (χ4n) is 12.9. The minimum absolute atomic E-state index is 0.00193. The maximum absolute atomic E-state index is 2.90. The molecule has 4 atom stereocenters. The van der Waals surface area contributed by atoms with Crippen molar-refractivity contribution < 1.29 is 0 Å². The lowest BCUT2D eigenvalue weighted by Gasteiger charge is -2.53. The second kappa shape index (κ2) is 8.89.